The molecule has 1 unspecified atom stereocenters. The molecule has 1 atom stereocenters. The van der Waals surface area contributed by atoms with Gasteiger partial charge in [0.25, 0.3) is 0 Å². The second-order valence-corrected chi connectivity index (χ2v) is 3.50. The lowest BCUT2D eigenvalue weighted by Crippen LogP contribution is -2.20. The van der Waals surface area contributed by atoms with E-state index in [1.807, 2.05) is 0 Å². The smallest absolute Gasteiger partial charge is 0.0677 e. The number of aliphatic hydroxyl groups is 1. The second-order valence-electron chi connectivity index (χ2n) is 3.50. The molecule has 1 nitrogen and oxygen atoms in total. The minimum atomic E-state index is -0.231. The maximum absolute atomic E-state index is 9.72. The number of hydrogen-bond donors (Lipinski definition) is 1. The van der Waals surface area contributed by atoms with Crippen molar-refractivity contribution in [3.8, 4) is 0 Å². The lowest BCUT2D eigenvalue weighted by molar-refractivity contribution is 0.0743. The molecule has 0 radical (unpaired) electrons. The average Bonchev–Trinajstić information content (AvgIpc) is 2.64. The van der Waals surface area contributed by atoms with Crippen LogP contribution in [0, 0.1) is 5.92 Å². The van der Waals surface area contributed by atoms with Crippen LogP contribution in [0.1, 0.15) is 46.0 Å². The first-order valence-corrected chi connectivity index (χ1v) is 4.45. The maximum atomic E-state index is 9.72. The van der Waals surface area contributed by atoms with Crippen molar-refractivity contribution in [1.29, 1.82) is 0 Å². The summed E-state index contributed by atoms with van der Waals surface area (Å²) in [5, 5.41) is 9.72. The quantitative estimate of drug-likeness (QED) is 0.638. The summed E-state index contributed by atoms with van der Waals surface area (Å²) in [5.41, 5.74) is -0.231. The molecule has 0 aromatic heterocycles. The van der Waals surface area contributed by atoms with Gasteiger partial charge in [-0.05, 0) is 25.2 Å². The van der Waals surface area contributed by atoms with Gasteiger partial charge in [0.15, 0.2) is 0 Å². The van der Waals surface area contributed by atoms with Gasteiger partial charge in [0, 0.05) is 0 Å². The monoisotopic (exact) mass is 142 g/mol. The van der Waals surface area contributed by atoms with E-state index in [4.69, 9.17) is 0 Å². The van der Waals surface area contributed by atoms with E-state index in [1.165, 1.54) is 12.8 Å². The fourth-order valence-electron chi connectivity index (χ4n) is 1.74. The van der Waals surface area contributed by atoms with Gasteiger partial charge in [0.1, 0.15) is 0 Å². The van der Waals surface area contributed by atoms with E-state index in [0.717, 1.165) is 19.3 Å². The third-order valence-corrected chi connectivity index (χ3v) is 2.65. The maximum Gasteiger partial charge on any atom is 0.0677 e. The first kappa shape index (κ1) is 8.06. The summed E-state index contributed by atoms with van der Waals surface area (Å²) in [7, 11) is 0. The Balaban J connectivity index is 2.33. The Bertz CT molecular complexity index is 105. The van der Waals surface area contributed by atoms with Crippen molar-refractivity contribution in [2.75, 3.05) is 0 Å². The first-order chi connectivity index (χ1) is 4.73. The van der Waals surface area contributed by atoms with Crippen molar-refractivity contribution in [3.05, 3.63) is 0 Å². The van der Waals surface area contributed by atoms with Gasteiger partial charge >= 0.3 is 0 Å². The highest BCUT2D eigenvalue weighted by Gasteiger charge is 2.45. The van der Waals surface area contributed by atoms with E-state index in [9.17, 15) is 5.11 Å². The summed E-state index contributed by atoms with van der Waals surface area (Å²) in [6.45, 7) is 4.37. The highest BCUT2D eigenvalue weighted by molar-refractivity contribution is 4.98. The normalized spacial score (nSPS) is 24.3. The van der Waals surface area contributed by atoms with Crippen LogP contribution in [0.4, 0.5) is 0 Å². The Morgan fingerprint density at radius 1 is 1.40 bits per heavy atom. The van der Waals surface area contributed by atoms with E-state index >= 15 is 0 Å². The summed E-state index contributed by atoms with van der Waals surface area (Å²) in [4.78, 5) is 0. The van der Waals surface area contributed by atoms with Crippen molar-refractivity contribution in [2.24, 2.45) is 5.92 Å². The van der Waals surface area contributed by atoms with Crippen LogP contribution in [-0.2, 0) is 0 Å². The van der Waals surface area contributed by atoms with Gasteiger partial charge in [-0.2, -0.15) is 0 Å². The van der Waals surface area contributed by atoms with Crippen molar-refractivity contribution in [1.82, 2.24) is 0 Å². The Hall–Kier alpha value is -0.0400. The molecule has 10 heavy (non-hydrogen) atoms. The minimum Gasteiger partial charge on any atom is -0.390 e. The number of hydrogen-bond acceptors (Lipinski definition) is 1. The Kier molecular flexibility index (Phi) is 2.35. The van der Waals surface area contributed by atoms with Crippen molar-refractivity contribution < 1.29 is 5.11 Å². The molecule has 0 aliphatic heterocycles. The number of rotatable bonds is 4. The van der Waals surface area contributed by atoms with Crippen molar-refractivity contribution in [2.45, 2.75) is 51.6 Å². The van der Waals surface area contributed by atoms with Crippen LogP contribution in [0.2, 0.25) is 0 Å². The van der Waals surface area contributed by atoms with E-state index < -0.39 is 0 Å². The molecule has 0 aromatic carbocycles. The van der Waals surface area contributed by atoms with Crippen LogP contribution in [-0.4, -0.2) is 10.7 Å². The average molecular weight is 142 g/mol. The van der Waals surface area contributed by atoms with Gasteiger partial charge < -0.3 is 5.11 Å². The van der Waals surface area contributed by atoms with Crippen molar-refractivity contribution in [3.63, 3.8) is 0 Å². The molecule has 1 rings (SSSR count). The zero-order valence-electron chi connectivity index (χ0n) is 7.06. The second kappa shape index (κ2) is 2.91. The molecule has 1 aliphatic rings. The zero-order valence-corrected chi connectivity index (χ0v) is 7.06. The molecule has 0 heterocycles. The standard InChI is InChI=1S/C9H18O/c1-3-5-8(4-2)9(10)6-7-9/h8,10H,3-7H2,1-2H3. The lowest BCUT2D eigenvalue weighted by Gasteiger charge is -2.19. The topological polar surface area (TPSA) is 20.2 Å². The van der Waals surface area contributed by atoms with Gasteiger partial charge in [-0.1, -0.05) is 26.7 Å². The SMILES string of the molecule is CCCC(CC)C1(O)CC1. The zero-order chi connectivity index (χ0) is 7.61. The fourth-order valence-corrected chi connectivity index (χ4v) is 1.74. The molecule has 1 N–H and O–H groups in total. The van der Waals surface area contributed by atoms with Crippen LogP contribution in [0.5, 0.6) is 0 Å². The van der Waals surface area contributed by atoms with E-state index in [-0.39, 0.29) is 5.60 Å². The predicted molar refractivity (Wildman–Crippen MR) is 42.9 cm³/mol. The van der Waals surface area contributed by atoms with Crippen LogP contribution in [0.15, 0.2) is 0 Å². The Morgan fingerprint density at radius 2 is 2.00 bits per heavy atom. The largest absolute Gasteiger partial charge is 0.390 e. The molecule has 0 aromatic rings. The molecule has 60 valence electrons. The van der Waals surface area contributed by atoms with Crippen LogP contribution in [0.3, 0.4) is 0 Å². The van der Waals surface area contributed by atoms with Gasteiger partial charge in [-0.25, -0.2) is 0 Å². The Labute approximate surface area is 63.4 Å². The summed E-state index contributed by atoms with van der Waals surface area (Å²) >= 11 is 0. The molecule has 0 amide bonds. The minimum absolute atomic E-state index is 0.231. The summed E-state index contributed by atoms with van der Waals surface area (Å²) in [6, 6.07) is 0. The molecule has 1 fully saturated rings. The highest BCUT2D eigenvalue weighted by atomic mass is 16.3. The van der Waals surface area contributed by atoms with Crippen LogP contribution in [0.25, 0.3) is 0 Å². The lowest BCUT2D eigenvalue weighted by atomic mass is 9.92. The summed E-state index contributed by atoms with van der Waals surface area (Å²) in [5.74, 6) is 0.581. The van der Waals surface area contributed by atoms with Crippen molar-refractivity contribution >= 4 is 0 Å². The first-order valence-electron chi connectivity index (χ1n) is 4.45. The predicted octanol–water partition coefficient (Wildman–Crippen LogP) is 2.34. The molecular formula is C9H18O. The molecule has 0 saturated heterocycles. The van der Waals surface area contributed by atoms with Crippen LogP contribution >= 0.6 is 0 Å². The third-order valence-electron chi connectivity index (χ3n) is 2.65. The molecule has 1 saturated carbocycles. The van der Waals surface area contributed by atoms with E-state index in [2.05, 4.69) is 13.8 Å². The van der Waals surface area contributed by atoms with Crippen LogP contribution < -0.4 is 0 Å². The fraction of sp³-hybridized carbons (Fsp3) is 1.00. The van der Waals surface area contributed by atoms with Gasteiger partial charge in [-0.3, -0.25) is 0 Å². The molecule has 0 bridgehead atoms. The van der Waals surface area contributed by atoms with Gasteiger partial charge in [-0.15, -0.1) is 0 Å². The van der Waals surface area contributed by atoms with Gasteiger partial charge in [0.05, 0.1) is 5.60 Å². The molecule has 1 aliphatic carbocycles. The molecular weight excluding hydrogens is 124 g/mol. The Morgan fingerprint density at radius 3 is 2.30 bits per heavy atom. The van der Waals surface area contributed by atoms with E-state index in [0.29, 0.717) is 5.92 Å². The third kappa shape index (κ3) is 1.51. The van der Waals surface area contributed by atoms with Gasteiger partial charge in [0.2, 0.25) is 0 Å². The molecule has 1 heteroatoms. The molecule has 0 spiro atoms. The summed E-state index contributed by atoms with van der Waals surface area (Å²) in [6.07, 6.45) is 5.65. The highest BCUT2D eigenvalue weighted by Crippen LogP contribution is 2.45. The summed E-state index contributed by atoms with van der Waals surface area (Å²) < 4.78 is 0. The van der Waals surface area contributed by atoms with E-state index in [1.54, 1.807) is 0 Å².